The van der Waals surface area contributed by atoms with Gasteiger partial charge in [-0.3, -0.25) is 0 Å². The Hall–Kier alpha value is -1.22. The van der Waals surface area contributed by atoms with Gasteiger partial charge < -0.3 is 14.6 Å². The molecule has 3 heteroatoms. The van der Waals surface area contributed by atoms with Gasteiger partial charge >= 0.3 is 0 Å². The zero-order valence-electron chi connectivity index (χ0n) is 10.6. The molecule has 0 aliphatic carbocycles. The molecule has 0 aliphatic heterocycles. The normalized spacial score (nSPS) is 9.06. The number of aliphatic hydroxyl groups excluding tert-OH is 1. The largest absolute Gasteiger partial charge is 0.497 e. The maximum atomic E-state index is 8.59. The van der Waals surface area contributed by atoms with E-state index in [2.05, 4.69) is 0 Å². The van der Waals surface area contributed by atoms with Gasteiger partial charge in [-0.1, -0.05) is 13.8 Å². The van der Waals surface area contributed by atoms with Crippen molar-refractivity contribution in [2.45, 2.75) is 27.2 Å². The summed E-state index contributed by atoms with van der Waals surface area (Å²) in [4.78, 5) is 0. The van der Waals surface area contributed by atoms with Gasteiger partial charge in [-0.2, -0.15) is 0 Å². The van der Waals surface area contributed by atoms with E-state index in [-0.39, 0.29) is 6.61 Å². The van der Waals surface area contributed by atoms with Crippen molar-refractivity contribution in [1.29, 1.82) is 0 Å². The van der Waals surface area contributed by atoms with Gasteiger partial charge in [0.25, 0.3) is 0 Å². The number of ether oxygens (including phenoxy) is 2. The van der Waals surface area contributed by atoms with Crippen LogP contribution in [0.1, 0.15) is 25.8 Å². The van der Waals surface area contributed by atoms with E-state index in [1.54, 1.807) is 7.11 Å². The van der Waals surface area contributed by atoms with Crippen molar-refractivity contribution in [1.82, 2.24) is 0 Å². The quantitative estimate of drug-likeness (QED) is 0.785. The molecule has 3 nitrogen and oxygen atoms in total. The molecular weight excluding hydrogens is 204 g/mol. The Morgan fingerprint density at radius 2 is 1.75 bits per heavy atom. The van der Waals surface area contributed by atoms with Gasteiger partial charge in [0.15, 0.2) is 0 Å². The highest BCUT2D eigenvalue weighted by Gasteiger charge is 1.99. The summed E-state index contributed by atoms with van der Waals surface area (Å²) >= 11 is 0. The van der Waals surface area contributed by atoms with Crippen molar-refractivity contribution < 1.29 is 14.6 Å². The minimum absolute atomic E-state index is 0.156. The van der Waals surface area contributed by atoms with Gasteiger partial charge in [0.2, 0.25) is 0 Å². The molecule has 16 heavy (non-hydrogen) atoms. The molecule has 0 atom stereocenters. The van der Waals surface area contributed by atoms with Crippen molar-refractivity contribution in [2.24, 2.45) is 0 Å². The van der Waals surface area contributed by atoms with Crippen molar-refractivity contribution in [3.8, 4) is 11.5 Å². The van der Waals surface area contributed by atoms with Crippen LogP contribution in [0.2, 0.25) is 0 Å². The molecule has 92 valence electrons. The SMILES string of the molecule is CC.COc1cc(C)cc(OCCCO)c1. The van der Waals surface area contributed by atoms with Crippen LogP contribution < -0.4 is 9.47 Å². The first kappa shape index (κ1) is 14.8. The van der Waals surface area contributed by atoms with E-state index < -0.39 is 0 Å². The Morgan fingerprint density at radius 1 is 1.12 bits per heavy atom. The number of rotatable bonds is 5. The van der Waals surface area contributed by atoms with Gasteiger partial charge in [0.05, 0.1) is 13.7 Å². The molecule has 0 aromatic heterocycles. The number of aliphatic hydroxyl groups is 1. The summed E-state index contributed by atoms with van der Waals surface area (Å²) in [5, 5.41) is 8.59. The second kappa shape index (κ2) is 9.04. The molecule has 0 unspecified atom stereocenters. The highest BCUT2D eigenvalue weighted by Crippen LogP contribution is 2.22. The molecule has 1 N–H and O–H groups in total. The lowest BCUT2D eigenvalue weighted by Crippen LogP contribution is -2.00. The van der Waals surface area contributed by atoms with E-state index >= 15 is 0 Å². The molecule has 1 aromatic carbocycles. The minimum atomic E-state index is 0.156. The Balaban J connectivity index is 0.00000106. The first-order valence-corrected chi connectivity index (χ1v) is 5.65. The second-order valence-electron chi connectivity index (χ2n) is 3.11. The third kappa shape index (κ3) is 5.61. The third-order valence-corrected chi connectivity index (χ3v) is 1.83. The average molecular weight is 226 g/mol. The molecule has 0 heterocycles. The molecule has 0 fully saturated rings. The van der Waals surface area contributed by atoms with Crippen LogP contribution in [0.15, 0.2) is 18.2 Å². The predicted octanol–water partition coefficient (Wildman–Crippen LogP) is 2.79. The molecule has 0 saturated heterocycles. The van der Waals surface area contributed by atoms with Gasteiger partial charge in [0.1, 0.15) is 11.5 Å². The van der Waals surface area contributed by atoms with E-state index in [9.17, 15) is 0 Å². The van der Waals surface area contributed by atoms with Crippen LogP contribution in [0.25, 0.3) is 0 Å². The predicted molar refractivity (Wildman–Crippen MR) is 66.3 cm³/mol. The number of methoxy groups -OCH3 is 1. The fourth-order valence-electron chi connectivity index (χ4n) is 1.17. The van der Waals surface area contributed by atoms with E-state index in [1.807, 2.05) is 39.0 Å². The van der Waals surface area contributed by atoms with Crippen LogP contribution in [0.3, 0.4) is 0 Å². The molecule has 0 spiro atoms. The van der Waals surface area contributed by atoms with E-state index in [1.165, 1.54) is 0 Å². The summed E-state index contributed by atoms with van der Waals surface area (Å²) in [6.07, 6.45) is 0.649. The summed E-state index contributed by atoms with van der Waals surface area (Å²) in [6.45, 7) is 6.67. The number of benzene rings is 1. The lowest BCUT2D eigenvalue weighted by atomic mass is 10.2. The summed E-state index contributed by atoms with van der Waals surface area (Å²) in [7, 11) is 1.63. The molecule has 0 aliphatic rings. The molecule has 1 aromatic rings. The number of hydrogen-bond acceptors (Lipinski definition) is 3. The Kier molecular flexibility index (Phi) is 8.35. The Labute approximate surface area is 98.0 Å². The summed E-state index contributed by atoms with van der Waals surface area (Å²) in [5.41, 5.74) is 1.10. The fourth-order valence-corrected chi connectivity index (χ4v) is 1.17. The van der Waals surface area contributed by atoms with Gasteiger partial charge in [-0.25, -0.2) is 0 Å². The standard InChI is InChI=1S/C11H16O3.C2H6/c1-9-6-10(13-2)8-11(7-9)14-5-3-4-12;1-2/h6-8,12H,3-5H2,1-2H3;1-2H3. The molecule has 0 radical (unpaired) electrons. The van der Waals surface area contributed by atoms with E-state index in [4.69, 9.17) is 14.6 Å². The molecular formula is C13H22O3. The molecule has 1 rings (SSSR count). The summed E-state index contributed by atoms with van der Waals surface area (Å²) in [6, 6.07) is 5.73. The lowest BCUT2D eigenvalue weighted by Gasteiger charge is -2.08. The first-order chi connectivity index (χ1) is 7.76. The van der Waals surface area contributed by atoms with Gasteiger partial charge in [-0.05, 0) is 24.6 Å². The van der Waals surface area contributed by atoms with Crippen molar-refractivity contribution in [2.75, 3.05) is 20.3 Å². The molecule has 0 amide bonds. The summed E-state index contributed by atoms with van der Waals surface area (Å²) in [5.74, 6) is 1.58. The van der Waals surface area contributed by atoms with Crippen molar-refractivity contribution in [3.05, 3.63) is 23.8 Å². The van der Waals surface area contributed by atoms with E-state index in [0.717, 1.165) is 17.1 Å². The van der Waals surface area contributed by atoms with Crippen LogP contribution in [0.4, 0.5) is 0 Å². The molecule has 0 saturated carbocycles. The zero-order valence-corrected chi connectivity index (χ0v) is 10.6. The Morgan fingerprint density at radius 3 is 2.31 bits per heavy atom. The first-order valence-electron chi connectivity index (χ1n) is 5.65. The maximum absolute atomic E-state index is 8.59. The van der Waals surface area contributed by atoms with Crippen LogP contribution >= 0.6 is 0 Å². The highest BCUT2D eigenvalue weighted by molar-refractivity contribution is 5.37. The zero-order chi connectivity index (χ0) is 12.4. The van der Waals surface area contributed by atoms with E-state index in [0.29, 0.717) is 13.0 Å². The summed E-state index contributed by atoms with van der Waals surface area (Å²) < 4.78 is 10.5. The Bertz CT molecular complexity index is 285. The number of aryl methyl sites for hydroxylation is 1. The smallest absolute Gasteiger partial charge is 0.123 e. The van der Waals surface area contributed by atoms with Crippen LogP contribution in [0.5, 0.6) is 11.5 Å². The maximum Gasteiger partial charge on any atom is 0.123 e. The highest BCUT2D eigenvalue weighted by atomic mass is 16.5. The van der Waals surface area contributed by atoms with Gasteiger partial charge in [0, 0.05) is 19.1 Å². The van der Waals surface area contributed by atoms with Crippen LogP contribution in [-0.4, -0.2) is 25.4 Å². The van der Waals surface area contributed by atoms with Gasteiger partial charge in [-0.15, -0.1) is 0 Å². The topological polar surface area (TPSA) is 38.7 Å². The van der Waals surface area contributed by atoms with Crippen molar-refractivity contribution in [3.63, 3.8) is 0 Å². The second-order valence-corrected chi connectivity index (χ2v) is 3.11. The molecule has 0 bridgehead atoms. The van der Waals surface area contributed by atoms with Crippen molar-refractivity contribution >= 4 is 0 Å². The fraction of sp³-hybridized carbons (Fsp3) is 0.538. The monoisotopic (exact) mass is 226 g/mol. The minimum Gasteiger partial charge on any atom is -0.497 e. The van der Waals surface area contributed by atoms with Crippen LogP contribution in [0, 0.1) is 6.92 Å². The lowest BCUT2D eigenvalue weighted by molar-refractivity contribution is 0.233. The average Bonchev–Trinajstić information content (AvgIpc) is 2.31. The van der Waals surface area contributed by atoms with Crippen LogP contribution in [-0.2, 0) is 0 Å². The number of hydrogen-bond donors (Lipinski definition) is 1. The third-order valence-electron chi connectivity index (χ3n) is 1.83.